The fraction of sp³-hybridized carbons (Fsp3) is 0.417. The minimum atomic E-state index is -0.935. The van der Waals surface area contributed by atoms with Gasteiger partial charge in [0.15, 0.2) is 12.7 Å². The third kappa shape index (κ3) is 6.21. The van der Waals surface area contributed by atoms with Crippen molar-refractivity contribution < 1.29 is 23.8 Å². The van der Waals surface area contributed by atoms with Gasteiger partial charge in [0.2, 0.25) is 0 Å². The highest BCUT2D eigenvalue weighted by atomic mass is 16.6. The molecule has 7 heteroatoms. The van der Waals surface area contributed by atoms with Crippen molar-refractivity contribution in [1.82, 2.24) is 0 Å². The summed E-state index contributed by atoms with van der Waals surface area (Å²) in [5.41, 5.74) is 4.77. The number of amides is 1. The minimum Gasteiger partial charge on any atom is -0.481 e. The summed E-state index contributed by atoms with van der Waals surface area (Å²) >= 11 is 0. The number of benzene rings is 2. The van der Waals surface area contributed by atoms with Crippen LogP contribution in [0.5, 0.6) is 5.75 Å². The van der Waals surface area contributed by atoms with Crippen molar-refractivity contribution in [3.63, 3.8) is 0 Å². The zero-order valence-corrected chi connectivity index (χ0v) is 18.6. The van der Waals surface area contributed by atoms with Crippen molar-refractivity contribution in [3.8, 4) is 5.75 Å². The number of carbonyl (C=O) groups excluding carboxylic acids is 2. The average molecular weight is 427 g/mol. The highest BCUT2D eigenvalue weighted by molar-refractivity contribution is 5.95. The van der Waals surface area contributed by atoms with E-state index in [2.05, 4.69) is 10.2 Å². The maximum Gasteiger partial charge on any atom is 0.344 e. The fourth-order valence-corrected chi connectivity index (χ4v) is 3.63. The van der Waals surface area contributed by atoms with E-state index in [9.17, 15) is 9.59 Å². The number of carbonyl (C=O) groups is 2. The van der Waals surface area contributed by atoms with Crippen molar-refractivity contribution in [1.29, 1.82) is 0 Å². The number of nitrogens with one attached hydrogen (secondary N) is 1. The number of nitrogens with zero attached hydrogens (tertiary/aromatic N) is 1. The summed E-state index contributed by atoms with van der Waals surface area (Å²) in [6, 6.07) is 11.6. The van der Waals surface area contributed by atoms with Crippen LogP contribution in [0.3, 0.4) is 0 Å². The quantitative estimate of drug-likeness (QED) is 0.684. The van der Waals surface area contributed by atoms with E-state index in [1.165, 1.54) is 6.92 Å². The topological polar surface area (TPSA) is 77.1 Å². The Bertz CT molecular complexity index is 897. The van der Waals surface area contributed by atoms with Gasteiger partial charge < -0.3 is 24.4 Å². The van der Waals surface area contributed by atoms with Gasteiger partial charge in [-0.25, -0.2) is 4.79 Å². The van der Waals surface area contributed by atoms with E-state index in [0.29, 0.717) is 24.7 Å². The van der Waals surface area contributed by atoms with Crippen LogP contribution in [0.4, 0.5) is 11.4 Å². The molecule has 166 valence electrons. The highest BCUT2D eigenvalue weighted by Gasteiger charge is 2.19. The largest absolute Gasteiger partial charge is 0.481 e. The Morgan fingerprint density at radius 1 is 1.06 bits per heavy atom. The molecule has 2 aromatic rings. The molecule has 1 atom stereocenters. The van der Waals surface area contributed by atoms with Crippen LogP contribution in [0.1, 0.15) is 23.6 Å². The first-order valence-electron chi connectivity index (χ1n) is 10.5. The second-order valence-electron chi connectivity index (χ2n) is 7.78. The Labute approximate surface area is 183 Å². The molecule has 1 N–H and O–H groups in total. The molecule has 0 unspecified atom stereocenters. The van der Waals surface area contributed by atoms with Gasteiger partial charge in [-0.3, -0.25) is 4.79 Å². The number of morpholine rings is 1. The van der Waals surface area contributed by atoms with E-state index < -0.39 is 18.0 Å². The molecule has 1 fully saturated rings. The van der Waals surface area contributed by atoms with Crippen LogP contribution in [0.25, 0.3) is 0 Å². The van der Waals surface area contributed by atoms with Crippen molar-refractivity contribution in [2.45, 2.75) is 33.8 Å². The molecule has 0 aromatic heterocycles. The molecule has 31 heavy (non-hydrogen) atoms. The first-order valence-corrected chi connectivity index (χ1v) is 10.5. The Kier molecular flexibility index (Phi) is 7.52. The lowest BCUT2D eigenvalue weighted by atomic mass is 10.1. The molecule has 1 aliphatic heterocycles. The van der Waals surface area contributed by atoms with Crippen molar-refractivity contribution in [2.75, 3.05) is 43.1 Å². The average Bonchev–Trinajstić information content (AvgIpc) is 2.74. The Morgan fingerprint density at radius 3 is 2.29 bits per heavy atom. The van der Waals surface area contributed by atoms with E-state index >= 15 is 0 Å². The van der Waals surface area contributed by atoms with Gasteiger partial charge in [0, 0.05) is 24.5 Å². The lowest BCUT2D eigenvalue weighted by Gasteiger charge is -2.28. The second kappa shape index (κ2) is 10.3. The zero-order chi connectivity index (χ0) is 22.4. The SMILES string of the molecule is Cc1cc(C)c(OCC(=O)O[C@@H](C)C(=O)Nc2ccc(N3CCOCC3)cc2)c(C)c1. The Morgan fingerprint density at radius 2 is 1.68 bits per heavy atom. The van der Waals surface area contributed by atoms with Gasteiger partial charge in [0.1, 0.15) is 5.75 Å². The van der Waals surface area contributed by atoms with Gasteiger partial charge in [-0.15, -0.1) is 0 Å². The van der Waals surface area contributed by atoms with E-state index in [0.717, 1.165) is 35.5 Å². The van der Waals surface area contributed by atoms with Crippen LogP contribution in [0.2, 0.25) is 0 Å². The molecule has 0 radical (unpaired) electrons. The lowest BCUT2D eigenvalue weighted by molar-refractivity contribution is -0.155. The van der Waals surface area contributed by atoms with Gasteiger partial charge in [-0.05, 0) is 63.1 Å². The molecule has 7 nitrogen and oxygen atoms in total. The Balaban J connectivity index is 1.48. The van der Waals surface area contributed by atoms with Crippen molar-refractivity contribution >= 4 is 23.3 Å². The smallest absolute Gasteiger partial charge is 0.344 e. The summed E-state index contributed by atoms with van der Waals surface area (Å²) in [6.07, 6.45) is -0.935. The molecule has 2 aromatic carbocycles. The first kappa shape index (κ1) is 22.6. The predicted molar refractivity (Wildman–Crippen MR) is 120 cm³/mol. The number of hydrogen-bond donors (Lipinski definition) is 1. The summed E-state index contributed by atoms with van der Waals surface area (Å²) in [5.74, 6) is -0.320. The van der Waals surface area contributed by atoms with Gasteiger partial charge >= 0.3 is 5.97 Å². The normalized spacial score (nSPS) is 14.6. The fourth-order valence-electron chi connectivity index (χ4n) is 3.63. The van der Waals surface area contributed by atoms with Gasteiger partial charge in [-0.2, -0.15) is 0 Å². The maximum absolute atomic E-state index is 12.4. The molecular weight excluding hydrogens is 396 g/mol. The number of aryl methyl sites for hydroxylation is 3. The summed E-state index contributed by atoms with van der Waals surface area (Å²) in [6.45, 7) is 10.3. The number of anilines is 2. The minimum absolute atomic E-state index is 0.253. The summed E-state index contributed by atoms with van der Waals surface area (Å²) in [4.78, 5) is 26.8. The standard InChI is InChI=1S/C24H30N2O5/c1-16-13-17(2)23(18(3)14-16)30-15-22(27)31-19(4)24(28)25-20-5-7-21(8-6-20)26-9-11-29-12-10-26/h5-8,13-14,19H,9-12,15H2,1-4H3,(H,25,28)/t19-/m0/s1. The van der Waals surface area contributed by atoms with E-state index in [-0.39, 0.29) is 6.61 Å². The van der Waals surface area contributed by atoms with E-state index in [1.54, 1.807) is 0 Å². The monoisotopic (exact) mass is 426 g/mol. The molecular formula is C24H30N2O5. The number of ether oxygens (including phenoxy) is 3. The van der Waals surface area contributed by atoms with E-state index in [1.807, 2.05) is 57.2 Å². The van der Waals surface area contributed by atoms with Crippen LogP contribution in [0.15, 0.2) is 36.4 Å². The third-order valence-electron chi connectivity index (χ3n) is 5.13. The molecule has 0 spiro atoms. The first-order chi connectivity index (χ1) is 14.8. The zero-order valence-electron chi connectivity index (χ0n) is 18.6. The summed E-state index contributed by atoms with van der Waals surface area (Å²) in [7, 11) is 0. The highest BCUT2D eigenvalue weighted by Crippen LogP contribution is 2.24. The third-order valence-corrected chi connectivity index (χ3v) is 5.13. The Hall–Kier alpha value is -3.06. The molecule has 1 aliphatic rings. The van der Waals surface area contributed by atoms with Crippen LogP contribution < -0.4 is 15.0 Å². The number of esters is 1. The summed E-state index contributed by atoms with van der Waals surface area (Å²) < 4.78 is 16.2. The van der Waals surface area contributed by atoms with Crippen LogP contribution >= 0.6 is 0 Å². The number of hydrogen-bond acceptors (Lipinski definition) is 6. The summed E-state index contributed by atoms with van der Waals surface area (Å²) in [5, 5.41) is 2.78. The van der Waals surface area contributed by atoms with Gasteiger partial charge in [0.05, 0.1) is 13.2 Å². The molecule has 0 saturated carbocycles. The molecule has 0 aliphatic carbocycles. The molecule has 1 saturated heterocycles. The van der Waals surface area contributed by atoms with Crippen molar-refractivity contribution in [3.05, 3.63) is 53.1 Å². The molecule has 0 bridgehead atoms. The molecule has 1 heterocycles. The number of rotatable bonds is 7. The van der Waals surface area contributed by atoms with Crippen LogP contribution in [-0.2, 0) is 19.1 Å². The van der Waals surface area contributed by atoms with Crippen LogP contribution in [-0.4, -0.2) is 50.9 Å². The predicted octanol–water partition coefficient (Wildman–Crippen LogP) is 3.40. The second-order valence-corrected chi connectivity index (χ2v) is 7.78. The van der Waals surface area contributed by atoms with Gasteiger partial charge in [-0.1, -0.05) is 17.7 Å². The molecule has 3 rings (SSSR count). The van der Waals surface area contributed by atoms with Gasteiger partial charge in [0.25, 0.3) is 5.91 Å². The molecule has 1 amide bonds. The van der Waals surface area contributed by atoms with E-state index in [4.69, 9.17) is 14.2 Å². The maximum atomic E-state index is 12.4. The van der Waals surface area contributed by atoms with Crippen molar-refractivity contribution in [2.24, 2.45) is 0 Å². The van der Waals surface area contributed by atoms with Crippen LogP contribution in [0, 0.1) is 20.8 Å². The lowest BCUT2D eigenvalue weighted by Crippen LogP contribution is -2.36.